The molecule has 0 aliphatic heterocycles. The van der Waals surface area contributed by atoms with Crippen LogP contribution in [0.3, 0.4) is 0 Å². The highest BCUT2D eigenvalue weighted by molar-refractivity contribution is 6.17. The molecule has 0 bridgehead atoms. The SMILES string of the molecule is COC(=O)c1ccc(NC(=O)C2(C(=O)Nc3ccccc3F)CC2)cc1. The van der Waals surface area contributed by atoms with Gasteiger partial charge in [-0.25, -0.2) is 9.18 Å². The zero-order valence-corrected chi connectivity index (χ0v) is 14.0. The van der Waals surface area contributed by atoms with Gasteiger partial charge in [-0.05, 0) is 49.2 Å². The third kappa shape index (κ3) is 3.42. The first-order valence-electron chi connectivity index (χ1n) is 8.02. The topological polar surface area (TPSA) is 84.5 Å². The van der Waals surface area contributed by atoms with Crippen LogP contribution >= 0.6 is 0 Å². The quantitative estimate of drug-likeness (QED) is 0.637. The molecule has 26 heavy (non-hydrogen) atoms. The van der Waals surface area contributed by atoms with Crippen molar-refractivity contribution in [3.8, 4) is 0 Å². The molecule has 0 unspecified atom stereocenters. The molecule has 1 aliphatic carbocycles. The number of hydrogen-bond donors (Lipinski definition) is 2. The lowest BCUT2D eigenvalue weighted by Gasteiger charge is -2.16. The summed E-state index contributed by atoms with van der Waals surface area (Å²) in [5, 5.41) is 5.14. The van der Waals surface area contributed by atoms with Gasteiger partial charge in [0.2, 0.25) is 11.8 Å². The summed E-state index contributed by atoms with van der Waals surface area (Å²) < 4.78 is 18.3. The molecule has 2 N–H and O–H groups in total. The molecule has 134 valence electrons. The molecule has 6 nitrogen and oxygen atoms in total. The third-order valence-corrected chi connectivity index (χ3v) is 4.31. The van der Waals surface area contributed by atoms with E-state index >= 15 is 0 Å². The molecule has 1 saturated carbocycles. The number of halogens is 1. The van der Waals surface area contributed by atoms with Crippen molar-refractivity contribution in [3.05, 3.63) is 59.9 Å². The van der Waals surface area contributed by atoms with E-state index in [0.29, 0.717) is 24.1 Å². The van der Waals surface area contributed by atoms with Crippen molar-refractivity contribution in [2.45, 2.75) is 12.8 Å². The molecule has 0 saturated heterocycles. The van der Waals surface area contributed by atoms with Crippen LogP contribution in [0.4, 0.5) is 15.8 Å². The number of carbonyl (C=O) groups is 3. The van der Waals surface area contributed by atoms with Crippen LogP contribution in [0.5, 0.6) is 0 Å². The van der Waals surface area contributed by atoms with Crippen LogP contribution in [0, 0.1) is 11.2 Å². The molecule has 0 atom stereocenters. The van der Waals surface area contributed by atoms with E-state index in [-0.39, 0.29) is 5.69 Å². The number of amides is 2. The number of ether oxygens (including phenoxy) is 1. The predicted octanol–water partition coefficient (Wildman–Crippen LogP) is 2.97. The lowest BCUT2D eigenvalue weighted by Crippen LogP contribution is -2.35. The van der Waals surface area contributed by atoms with Gasteiger partial charge >= 0.3 is 5.97 Å². The minimum atomic E-state index is -1.21. The molecular formula is C19H17FN2O4. The first kappa shape index (κ1) is 17.6. The minimum absolute atomic E-state index is 0.0407. The summed E-state index contributed by atoms with van der Waals surface area (Å²) in [5.74, 6) is -2.04. The fourth-order valence-corrected chi connectivity index (χ4v) is 2.54. The maximum atomic E-state index is 13.7. The number of anilines is 2. The van der Waals surface area contributed by atoms with Crippen molar-refractivity contribution in [1.82, 2.24) is 0 Å². The summed E-state index contributed by atoms with van der Waals surface area (Å²) in [6.07, 6.45) is 0.777. The van der Waals surface area contributed by atoms with Crippen LogP contribution < -0.4 is 10.6 Å². The van der Waals surface area contributed by atoms with Crippen LogP contribution in [-0.2, 0) is 14.3 Å². The molecular weight excluding hydrogens is 339 g/mol. The molecule has 0 spiro atoms. The summed E-state index contributed by atoms with van der Waals surface area (Å²) in [4.78, 5) is 36.4. The molecule has 2 amide bonds. The summed E-state index contributed by atoms with van der Waals surface area (Å²) in [6, 6.07) is 11.9. The van der Waals surface area contributed by atoms with Gasteiger partial charge in [-0.3, -0.25) is 9.59 Å². The molecule has 2 aromatic rings. The van der Waals surface area contributed by atoms with Crippen LogP contribution in [0.1, 0.15) is 23.2 Å². The Morgan fingerprint density at radius 3 is 2.15 bits per heavy atom. The Kier molecular flexibility index (Phi) is 4.71. The first-order chi connectivity index (χ1) is 12.5. The van der Waals surface area contributed by atoms with E-state index in [2.05, 4.69) is 15.4 Å². The van der Waals surface area contributed by atoms with Crippen LogP contribution in [-0.4, -0.2) is 24.9 Å². The number of methoxy groups -OCH3 is 1. The van der Waals surface area contributed by atoms with E-state index in [1.165, 1.54) is 37.4 Å². The third-order valence-electron chi connectivity index (χ3n) is 4.31. The molecule has 1 aliphatic rings. The number of hydrogen-bond acceptors (Lipinski definition) is 4. The van der Waals surface area contributed by atoms with E-state index in [1.807, 2.05) is 0 Å². The highest BCUT2D eigenvalue weighted by atomic mass is 19.1. The van der Waals surface area contributed by atoms with Gasteiger partial charge in [0.25, 0.3) is 0 Å². The van der Waals surface area contributed by atoms with E-state index in [4.69, 9.17) is 0 Å². The van der Waals surface area contributed by atoms with Gasteiger partial charge in [0.15, 0.2) is 0 Å². The lowest BCUT2D eigenvalue weighted by atomic mass is 10.0. The number of esters is 1. The Bertz CT molecular complexity index is 860. The standard InChI is InChI=1S/C19H17FN2O4/c1-26-16(23)12-6-8-13(9-7-12)21-17(24)19(10-11-19)18(25)22-15-5-3-2-4-14(15)20/h2-9H,10-11H2,1H3,(H,21,24)(H,22,25). The average molecular weight is 356 g/mol. The number of para-hydroxylation sites is 1. The van der Waals surface area contributed by atoms with Crippen molar-refractivity contribution in [3.63, 3.8) is 0 Å². The number of benzene rings is 2. The van der Waals surface area contributed by atoms with Gasteiger partial charge in [-0.1, -0.05) is 12.1 Å². The molecule has 0 aromatic heterocycles. The summed E-state index contributed by atoms with van der Waals surface area (Å²) >= 11 is 0. The smallest absolute Gasteiger partial charge is 0.337 e. The van der Waals surface area contributed by atoms with Gasteiger partial charge in [0.05, 0.1) is 18.4 Å². The zero-order valence-electron chi connectivity index (χ0n) is 14.0. The largest absolute Gasteiger partial charge is 0.465 e. The number of carbonyl (C=O) groups excluding carboxylic acids is 3. The van der Waals surface area contributed by atoms with E-state index < -0.39 is 29.0 Å². The maximum Gasteiger partial charge on any atom is 0.337 e. The van der Waals surface area contributed by atoms with E-state index in [1.54, 1.807) is 18.2 Å². The summed E-state index contributed by atoms with van der Waals surface area (Å²) in [6.45, 7) is 0. The van der Waals surface area contributed by atoms with Crippen molar-refractivity contribution in [1.29, 1.82) is 0 Å². The molecule has 1 fully saturated rings. The Hall–Kier alpha value is -3.22. The van der Waals surface area contributed by atoms with Gasteiger partial charge in [0, 0.05) is 5.69 Å². The monoisotopic (exact) mass is 356 g/mol. The molecule has 0 heterocycles. The van der Waals surface area contributed by atoms with Gasteiger partial charge in [-0.15, -0.1) is 0 Å². The zero-order chi connectivity index (χ0) is 18.7. The Morgan fingerprint density at radius 2 is 1.58 bits per heavy atom. The van der Waals surface area contributed by atoms with Gasteiger partial charge in [-0.2, -0.15) is 0 Å². The highest BCUT2D eigenvalue weighted by Gasteiger charge is 2.56. The predicted molar refractivity (Wildman–Crippen MR) is 93.1 cm³/mol. The van der Waals surface area contributed by atoms with Crippen LogP contribution in [0.2, 0.25) is 0 Å². The summed E-state index contributed by atoms with van der Waals surface area (Å²) in [5.41, 5.74) is -0.362. The van der Waals surface area contributed by atoms with E-state index in [0.717, 1.165) is 0 Å². The minimum Gasteiger partial charge on any atom is -0.465 e. The summed E-state index contributed by atoms with van der Waals surface area (Å²) in [7, 11) is 1.28. The van der Waals surface area contributed by atoms with Crippen molar-refractivity contribution in [2.24, 2.45) is 5.41 Å². The van der Waals surface area contributed by atoms with Crippen molar-refractivity contribution < 1.29 is 23.5 Å². The second-order valence-electron chi connectivity index (χ2n) is 6.04. The van der Waals surface area contributed by atoms with Crippen molar-refractivity contribution >= 4 is 29.2 Å². The number of rotatable bonds is 5. The normalized spacial score (nSPS) is 14.2. The van der Waals surface area contributed by atoms with Gasteiger partial charge in [0.1, 0.15) is 11.2 Å². The second kappa shape index (κ2) is 6.95. The van der Waals surface area contributed by atoms with Crippen LogP contribution in [0.15, 0.2) is 48.5 Å². The Morgan fingerprint density at radius 1 is 0.962 bits per heavy atom. The van der Waals surface area contributed by atoms with E-state index in [9.17, 15) is 18.8 Å². The molecule has 2 aromatic carbocycles. The fraction of sp³-hybridized carbons (Fsp3) is 0.211. The van der Waals surface area contributed by atoms with Gasteiger partial charge < -0.3 is 15.4 Å². The maximum absolute atomic E-state index is 13.7. The molecule has 3 rings (SSSR count). The first-order valence-corrected chi connectivity index (χ1v) is 8.02. The number of nitrogens with one attached hydrogen (secondary N) is 2. The van der Waals surface area contributed by atoms with Crippen molar-refractivity contribution in [2.75, 3.05) is 17.7 Å². The molecule has 7 heteroatoms. The molecule has 0 radical (unpaired) electrons. The average Bonchev–Trinajstić information content (AvgIpc) is 3.45. The van der Waals surface area contributed by atoms with Crippen LogP contribution in [0.25, 0.3) is 0 Å². The second-order valence-corrected chi connectivity index (χ2v) is 6.04. The Balaban J connectivity index is 1.68. The Labute approximate surface area is 149 Å². The fourth-order valence-electron chi connectivity index (χ4n) is 2.54. The lowest BCUT2D eigenvalue weighted by molar-refractivity contribution is -0.131. The highest BCUT2D eigenvalue weighted by Crippen LogP contribution is 2.47.